The number of carbonyl (C=O) groups excluding carboxylic acids is 3. The molecule has 1 aromatic carbocycles. The van der Waals surface area contributed by atoms with Gasteiger partial charge in [-0.1, -0.05) is 26.2 Å². The SMILES string of the molecule is CCCCCCN(C(=O)C1CC1)[C@@H]1C=C(C(=O)NCCO)[C@@H]2c3cc(C=O)cc(OC)c3O[C@@H]2[C@H]1O. The summed E-state index contributed by atoms with van der Waals surface area (Å²) in [6.07, 6.45) is 6.02. The molecule has 4 atom stereocenters. The summed E-state index contributed by atoms with van der Waals surface area (Å²) in [6, 6.07) is 2.47. The highest BCUT2D eigenvalue weighted by Gasteiger charge is 2.52. The van der Waals surface area contributed by atoms with E-state index in [4.69, 9.17) is 9.47 Å². The van der Waals surface area contributed by atoms with Gasteiger partial charge < -0.3 is 29.9 Å². The lowest BCUT2D eigenvalue weighted by Gasteiger charge is -2.41. The Morgan fingerprint density at radius 2 is 2.03 bits per heavy atom. The van der Waals surface area contributed by atoms with Crippen LogP contribution in [0.15, 0.2) is 23.8 Å². The number of fused-ring (bicyclic) bond motifs is 3. The third kappa shape index (κ3) is 5.13. The predicted molar refractivity (Wildman–Crippen MR) is 132 cm³/mol. The van der Waals surface area contributed by atoms with Crippen LogP contribution < -0.4 is 14.8 Å². The maximum Gasteiger partial charge on any atom is 0.247 e. The molecule has 4 rings (SSSR count). The topological polar surface area (TPSA) is 125 Å². The molecule has 2 aliphatic carbocycles. The first-order valence-electron chi connectivity index (χ1n) is 12.9. The highest BCUT2D eigenvalue weighted by atomic mass is 16.5. The fourth-order valence-corrected chi connectivity index (χ4v) is 5.24. The van der Waals surface area contributed by atoms with E-state index in [-0.39, 0.29) is 25.0 Å². The fourth-order valence-electron chi connectivity index (χ4n) is 5.24. The van der Waals surface area contributed by atoms with Crippen LogP contribution in [0.5, 0.6) is 11.5 Å². The number of amides is 2. The maximum atomic E-state index is 13.3. The molecule has 0 saturated heterocycles. The van der Waals surface area contributed by atoms with Gasteiger partial charge in [0.15, 0.2) is 11.5 Å². The molecule has 9 heteroatoms. The monoisotopic (exact) mass is 500 g/mol. The fraction of sp³-hybridized carbons (Fsp3) is 0.593. The molecule has 0 spiro atoms. The summed E-state index contributed by atoms with van der Waals surface area (Å²) in [7, 11) is 1.46. The van der Waals surface area contributed by atoms with E-state index in [2.05, 4.69) is 12.2 Å². The molecule has 0 aromatic heterocycles. The van der Waals surface area contributed by atoms with Gasteiger partial charge in [-0.3, -0.25) is 14.4 Å². The number of hydrogen-bond acceptors (Lipinski definition) is 7. The molecular formula is C27H36N2O7. The molecule has 0 radical (unpaired) electrons. The Morgan fingerprint density at radius 3 is 2.67 bits per heavy atom. The molecule has 36 heavy (non-hydrogen) atoms. The molecule has 1 heterocycles. The summed E-state index contributed by atoms with van der Waals surface area (Å²) < 4.78 is 11.7. The van der Waals surface area contributed by atoms with Gasteiger partial charge >= 0.3 is 0 Å². The van der Waals surface area contributed by atoms with Crippen molar-refractivity contribution in [3.05, 3.63) is 34.9 Å². The average molecular weight is 501 g/mol. The number of carbonyl (C=O) groups is 3. The number of ether oxygens (including phenoxy) is 2. The summed E-state index contributed by atoms with van der Waals surface area (Å²) >= 11 is 0. The van der Waals surface area contributed by atoms with E-state index in [1.807, 2.05) is 0 Å². The standard InChI is InChI=1S/C27H36N2O7/c1-3-4-5-6-10-29(27(34)17-7-8-17)20-14-19(26(33)28-9-11-30)22-18-12-16(15-31)13-21(35-2)24(18)36-25(22)23(20)32/h12-15,17,20,22-23,25,30,32H,3-11H2,1-2H3,(H,28,33)/t20-,22+,23+,25+/m1/s1. The van der Waals surface area contributed by atoms with Crippen molar-refractivity contribution in [3.63, 3.8) is 0 Å². The molecule has 1 fully saturated rings. The Bertz CT molecular complexity index is 1020. The third-order valence-corrected chi connectivity index (χ3v) is 7.23. The van der Waals surface area contributed by atoms with Crippen LogP contribution in [-0.2, 0) is 9.59 Å². The smallest absolute Gasteiger partial charge is 0.247 e. The van der Waals surface area contributed by atoms with Gasteiger partial charge in [0.25, 0.3) is 0 Å². The van der Waals surface area contributed by atoms with Crippen LogP contribution in [0.25, 0.3) is 0 Å². The maximum absolute atomic E-state index is 13.3. The van der Waals surface area contributed by atoms with Crippen molar-refractivity contribution in [1.82, 2.24) is 10.2 Å². The second-order valence-corrected chi connectivity index (χ2v) is 9.77. The molecule has 1 saturated carbocycles. The minimum Gasteiger partial charge on any atom is -0.493 e. The minimum absolute atomic E-state index is 0.00306. The van der Waals surface area contributed by atoms with Crippen molar-refractivity contribution in [1.29, 1.82) is 0 Å². The Labute approximate surface area is 211 Å². The lowest BCUT2D eigenvalue weighted by atomic mass is 9.77. The lowest BCUT2D eigenvalue weighted by molar-refractivity contribution is -0.138. The van der Waals surface area contributed by atoms with Crippen LogP contribution >= 0.6 is 0 Å². The Balaban J connectivity index is 1.74. The van der Waals surface area contributed by atoms with Crippen LogP contribution in [0.3, 0.4) is 0 Å². The largest absolute Gasteiger partial charge is 0.493 e. The number of hydrogen-bond donors (Lipinski definition) is 3. The van der Waals surface area contributed by atoms with E-state index in [1.54, 1.807) is 23.1 Å². The van der Waals surface area contributed by atoms with Crippen LogP contribution in [0.4, 0.5) is 0 Å². The summed E-state index contributed by atoms with van der Waals surface area (Å²) in [6.45, 7) is 2.45. The number of aliphatic hydroxyl groups excluding tert-OH is 2. The van der Waals surface area contributed by atoms with Crippen molar-refractivity contribution in [2.75, 3.05) is 26.8 Å². The number of nitrogens with one attached hydrogen (secondary N) is 1. The van der Waals surface area contributed by atoms with E-state index in [1.165, 1.54) is 7.11 Å². The molecule has 0 bridgehead atoms. The zero-order valence-corrected chi connectivity index (χ0v) is 20.9. The first kappa shape index (κ1) is 26.2. The van der Waals surface area contributed by atoms with E-state index in [9.17, 15) is 24.6 Å². The van der Waals surface area contributed by atoms with Crippen molar-refractivity contribution in [2.24, 2.45) is 5.92 Å². The van der Waals surface area contributed by atoms with Crippen molar-refractivity contribution in [3.8, 4) is 11.5 Å². The van der Waals surface area contributed by atoms with Crippen molar-refractivity contribution >= 4 is 18.1 Å². The number of aliphatic hydroxyl groups is 2. The first-order chi connectivity index (χ1) is 17.4. The van der Waals surface area contributed by atoms with E-state index in [0.29, 0.717) is 41.0 Å². The molecule has 3 N–H and O–H groups in total. The molecule has 3 aliphatic rings. The summed E-state index contributed by atoms with van der Waals surface area (Å²) in [4.78, 5) is 39.9. The third-order valence-electron chi connectivity index (χ3n) is 7.23. The molecule has 196 valence electrons. The number of benzene rings is 1. The average Bonchev–Trinajstić information content (AvgIpc) is 3.67. The van der Waals surface area contributed by atoms with Gasteiger partial charge in [0, 0.05) is 35.7 Å². The number of rotatable bonds is 12. The zero-order valence-electron chi connectivity index (χ0n) is 20.9. The second-order valence-electron chi connectivity index (χ2n) is 9.77. The number of nitrogens with zero attached hydrogens (tertiary/aromatic N) is 1. The summed E-state index contributed by atoms with van der Waals surface area (Å²) in [5.74, 6) is -0.394. The van der Waals surface area contributed by atoms with Gasteiger partial charge in [-0.25, -0.2) is 0 Å². The Kier molecular flexibility index (Phi) is 8.31. The van der Waals surface area contributed by atoms with Crippen LogP contribution in [0, 0.1) is 5.92 Å². The highest BCUT2D eigenvalue weighted by molar-refractivity contribution is 5.96. The minimum atomic E-state index is -1.09. The summed E-state index contributed by atoms with van der Waals surface area (Å²) in [5.41, 5.74) is 1.28. The molecule has 2 amide bonds. The lowest BCUT2D eigenvalue weighted by Crippen LogP contribution is -2.56. The van der Waals surface area contributed by atoms with Gasteiger partial charge in [-0.15, -0.1) is 0 Å². The normalized spacial score (nSPS) is 24.2. The molecular weight excluding hydrogens is 464 g/mol. The number of aldehydes is 1. The van der Waals surface area contributed by atoms with Crippen molar-refractivity contribution < 1.29 is 34.1 Å². The first-order valence-corrected chi connectivity index (χ1v) is 12.9. The summed E-state index contributed by atoms with van der Waals surface area (Å²) in [5, 5.41) is 23.5. The van der Waals surface area contributed by atoms with Gasteiger partial charge in [-0.2, -0.15) is 0 Å². The second kappa shape index (κ2) is 11.4. The molecule has 1 aromatic rings. The zero-order chi connectivity index (χ0) is 25.8. The Hall–Kier alpha value is -2.91. The number of unbranched alkanes of at least 4 members (excludes halogenated alkanes) is 3. The predicted octanol–water partition coefficient (Wildman–Crippen LogP) is 1.95. The molecule has 0 unspecified atom stereocenters. The van der Waals surface area contributed by atoms with Gasteiger partial charge in [0.05, 0.1) is 25.7 Å². The van der Waals surface area contributed by atoms with Crippen LogP contribution in [0.2, 0.25) is 0 Å². The highest BCUT2D eigenvalue weighted by Crippen LogP contribution is 2.51. The van der Waals surface area contributed by atoms with Crippen LogP contribution in [0.1, 0.15) is 67.3 Å². The van der Waals surface area contributed by atoms with E-state index < -0.39 is 30.1 Å². The molecule has 9 nitrogen and oxygen atoms in total. The Morgan fingerprint density at radius 1 is 1.25 bits per heavy atom. The van der Waals surface area contributed by atoms with Crippen molar-refractivity contribution in [2.45, 2.75) is 69.6 Å². The van der Waals surface area contributed by atoms with Gasteiger partial charge in [0.1, 0.15) is 18.5 Å². The number of methoxy groups -OCH3 is 1. The molecule has 1 aliphatic heterocycles. The van der Waals surface area contributed by atoms with Gasteiger partial charge in [0.2, 0.25) is 11.8 Å². The quantitative estimate of drug-likeness (QED) is 0.296. The van der Waals surface area contributed by atoms with Crippen LogP contribution in [-0.4, -0.2) is 78.3 Å². The van der Waals surface area contributed by atoms with E-state index in [0.717, 1.165) is 38.5 Å². The van der Waals surface area contributed by atoms with E-state index >= 15 is 0 Å². The van der Waals surface area contributed by atoms with Gasteiger partial charge in [-0.05, 0) is 37.5 Å².